The maximum absolute atomic E-state index is 6.23. The van der Waals surface area contributed by atoms with E-state index in [4.69, 9.17) is 11.6 Å². The predicted molar refractivity (Wildman–Crippen MR) is 58.7 cm³/mol. The van der Waals surface area contributed by atoms with Gasteiger partial charge in [0, 0.05) is 28.0 Å². The Labute approximate surface area is 89.7 Å². The molecule has 1 aliphatic rings. The summed E-state index contributed by atoms with van der Waals surface area (Å²) in [6, 6.07) is 2.36. The quantitative estimate of drug-likeness (QED) is 0.771. The van der Waals surface area contributed by atoms with Gasteiger partial charge in [-0.05, 0) is 39.3 Å². The van der Waals surface area contributed by atoms with Crippen LogP contribution in [0.2, 0.25) is 5.02 Å². The molecule has 1 aromatic rings. The SMILES string of the molecule is Cc1cc(Cl)c([C@@H]2CCCN2)c(C)n1. The highest BCUT2D eigenvalue weighted by Gasteiger charge is 2.21. The molecule has 0 unspecified atom stereocenters. The summed E-state index contributed by atoms with van der Waals surface area (Å²) in [4.78, 5) is 4.45. The fraction of sp³-hybridized carbons (Fsp3) is 0.545. The third-order valence-corrected chi connectivity index (χ3v) is 3.05. The lowest BCUT2D eigenvalue weighted by Gasteiger charge is -2.15. The largest absolute Gasteiger partial charge is 0.310 e. The zero-order valence-corrected chi connectivity index (χ0v) is 9.36. The van der Waals surface area contributed by atoms with E-state index in [1.54, 1.807) is 0 Å². The van der Waals surface area contributed by atoms with Gasteiger partial charge in [0.05, 0.1) is 0 Å². The minimum atomic E-state index is 0.413. The summed E-state index contributed by atoms with van der Waals surface area (Å²) in [6.45, 7) is 5.10. The summed E-state index contributed by atoms with van der Waals surface area (Å²) in [6.07, 6.45) is 2.40. The van der Waals surface area contributed by atoms with Gasteiger partial charge in [-0.15, -0.1) is 0 Å². The van der Waals surface area contributed by atoms with E-state index in [1.165, 1.54) is 18.4 Å². The zero-order chi connectivity index (χ0) is 10.1. The van der Waals surface area contributed by atoms with Crippen molar-refractivity contribution in [3.05, 3.63) is 28.0 Å². The number of pyridine rings is 1. The van der Waals surface area contributed by atoms with E-state index < -0.39 is 0 Å². The number of aryl methyl sites for hydroxylation is 2. The van der Waals surface area contributed by atoms with Crippen molar-refractivity contribution in [2.75, 3.05) is 6.54 Å². The van der Waals surface area contributed by atoms with Crippen LogP contribution in [0.4, 0.5) is 0 Å². The highest BCUT2D eigenvalue weighted by Crippen LogP contribution is 2.31. The molecule has 1 fully saturated rings. The second-order valence-electron chi connectivity index (χ2n) is 3.89. The fourth-order valence-electron chi connectivity index (χ4n) is 2.14. The number of hydrogen-bond acceptors (Lipinski definition) is 2. The molecule has 1 atom stereocenters. The Morgan fingerprint density at radius 2 is 2.29 bits per heavy atom. The molecule has 0 amide bonds. The van der Waals surface area contributed by atoms with E-state index in [0.29, 0.717) is 6.04 Å². The molecule has 0 saturated carbocycles. The molecule has 0 bridgehead atoms. The molecule has 3 heteroatoms. The Hall–Kier alpha value is -0.600. The summed E-state index contributed by atoms with van der Waals surface area (Å²) in [7, 11) is 0. The Morgan fingerprint density at radius 1 is 1.50 bits per heavy atom. The van der Waals surface area contributed by atoms with Crippen LogP contribution in [-0.4, -0.2) is 11.5 Å². The summed E-state index contributed by atoms with van der Waals surface area (Å²) in [5, 5.41) is 4.31. The number of nitrogens with one attached hydrogen (secondary N) is 1. The first kappa shape index (κ1) is 9.94. The van der Waals surface area contributed by atoms with Crippen LogP contribution in [0.25, 0.3) is 0 Å². The van der Waals surface area contributed by atoms with Crippen LogP contribution in [0.15, 0.2) is 6.07 Å². The van der Waals surface area contributed by atoms with Crippen molar-refractivity contribution < 1.29 is 0 Å². The molecule has 2 heterocycles. The summed E-state index contributed by atoms with van der Waals surface area (Å²) >= 11 is 6.23. The maximum Gasteiger partial charge on any atom is 0.0489 e. The van der Waals surface area contributed by atoms with E-state index in [9.17, 15) is 0 Å². The summed E-state index contributed by atoms with van der Waals surface area (Å²) in [5.74, 6) is 0. The third-order valence-electron chi connectivity index (χ3n) is 2.74. The second kappa shape index (κ2) is 3.87. The highest BCUT2D eigenvalue weighted by molar-refractivity contribution is 6.31. The minimum Gasteiger partial charge on any atom is -0.310 e. The summed E-state index contributed by atoms with van der Waals surface area (Å²) < 4.78 is 0. The Bertz CT molecular complexity index is 320. The van der Waals surface area contributed by atoms with Gasteiger partial charge in [0.1, 0.15) is 0 Å². The summed E-state index contributed by atoms with van der Waals surface area (Å²) in [5.41, 5.74) is 3.25. The normalized spacial score (nSPS) is 21.5. The second-order valence-corrected chi connectivity index (χ2v) is 4.30. The smallest absolute Gasteiger partial charge is 0.0489 e. The van der Waals surface area contributed by atoms with Gasteiger partial charge in [0.25, 0.3) is 0 Å². The number of halogens is 1. The van der Waals surface area contributed by atoms with Gasteiger partial charge >= 0.3 is 0 Å². The molecule has 1 aliphatic heterocycles. The average molecular weight is 211 g/mol. The lowest BCUT2D eigenvalue weighted by molar-refractivity contribution is 0.639. The van der Waals surface area contributed by atoms with Crippen molar-refractivity contribution in [2.24, 2.45) is 0 Å². The van der Waals surface area contributed by atoms with E-state index in [0.717, 1.165) is 23.0 Å². The maximum atomic E-state index is 6.23. The van der Waals surface area contributed by atoms with Crippen molar-refractivity contribution in [3.63, 3.8) is 0 Å². The van der Waals surface area contributed by atoms with E-state index in [1.807, 2.05) is 19.9 Å². The standard InChI is InChI=1S/C11H15ClN2/c1-7-6-9(12)11(8(2)14-7)10-4-3-5-13-10/h6,10,13H,3-5H2,1-2H3/t10-/m0/s1. The average Bonchev–Trinajstić information content (AvgIpc) is 2.54. The molecule has 0 spiro atoms. The number of aromatic nitrogens is 1. The first-order valence-corrected chi connectivity index (χ1v) is 5.43. The van der Waals surface area contributed by atoms with Crippen molar-refractivity contribution >= 4 is 11.6 Å². The van der Waals surface area contributed by atoms with Crippen LogP contribution in [0, 0.1) is 13.8 Å². The molecule has 2 rings (SSSR count). The van der Waals surface area contributed by atoms with E-state index in [-0.39, 0.29) is 0 Å². The van der Waals surface area contributed by atoms with Crippen LogP contribution in [0.3, 0.4) is 0 Å². The van der Waals surface area contributed by atoms with Crippen LogP contribution in [-0.2, 0) is 0 Å². The third kappa shape index (κ3) is 1.77. The van der Waals surface area contributed by atoms with Crippen molar-refractivity contribution in [1.29, 1.82) is 0 Å². The molecule has 1 N–H and O–H groups in total. The molecule has 0 aliphatic carbocycles. The van der Waals surface area contributed by atoms with E-state index in [2.05, 4.69) is 10.3 Å². The molecule has 1 aromatic heterocycles. The van der Waals surface area contributed by atoms with Crippen LogP contribution in [0.1, 0.15) is 35.8 Å². The predicted octanol–water partition coefficient (Wildman–Crippen LogP) is 2.78. The molecule has 0 aromatic carbocycles. The molecular formula is C11H15ClN2. The molecule has 0 radical (unpaired) electrons. The molecule has 2 nitrogen and oxygen atoms in total. The fourth-order valence-corrected chi connectivity index (χ4v) is 2.57. The number of rotatable bonds is 1. The first-order chi connectivity index (χ1) is 6.68. The highest BCUT2D eigenvalue weighted by atomic mass is 35.5. The van der Waals surface area contributed by atoms with Crippen LogP contribution >= 0.6 is 11.6 Å². The Kier molecular flexibility index (Phi) is 2.75. The first-order valence-electron chi connectivity index (χ1n) is 5.05. The molecule has 1 saturated heterocycles. The van der Waals surface area contributed by atoms with Gasteiger partial charge in [-0.1, -0.05) is 11.6 Å². The van der Waals surface area contributed by atoms with Gasteiger partial charge in [-0.3, -0.25) is 4.98 Å². The van der Waals surface area contributed by atoms with Crippen molar-refractivity contribution in [2.45, 2.75) is 32.7 Å². The lowest BCUT2D eigenvalue weighted by Crippen LogP contribution is -2.15. The van der Waals surface area contributed by atoms with Crippen LogP contribution in [0.5, 0.6) is 0 Å². The van der Waals surface area contributed by atoms with Gasteiger partial charge in [0.15, 0.2) is 0 Å². The van der Waals surface area contributed by atoms with Crippen molar-refractivity contribution in [1.82, 2.24) is 10.3 Å². The molecular weight excluding hydrogens is 196 g/mol. The zero-order valence-electron chi connectivity index (χ0n) is 8.60. The number of nitrogens with zero attached hydrogens (tertiary/aromatic N) is 1. The Morgan fingerprint density at radius 3 is 2.86 bits per heavy atom. The Balaban J connectivity index is 2.40. The van der Waals surface area contributed by atoms with Gasteiger partial charge in [-0.2, -0.15) is 0 Å². The van der Waals surface area contributed by atoms with Gasteiger partial charge in [-0.25, -0.2) is 0 Å². The molecule has 76 valence electrons. The van der Waals surface area contributed by atoms with Gasteiger partial charge < -0.3 is 5.32 Å². The number of hydrogen-bond donors (Lipinski definition) is 1. The van der Waals surface area contributed by atoms with E-state index >= 15 is 0 Å². The minimum absolute atomic E-state index is 0.413. The topological polar surface area (TPSA) is 24.9 Å². The lowest BCUT2D eigenvalue weighted by atomic mass is 10.0. The monoisotopic (exact) mass is 210 g/mol. The van der Waals surface area contributed by atoms with Gasteiger partial charge in [0.2, 0.25) is 0 Å². The molecule has 14 heavy (non-hydrogen) atoms. The van der Waals surface area contributed by atoms with Crippen molar-refractivity contribution in [3.8, 4) is 0 Å². The van der Waals surface area contributed by atoms with Crippen LogP contribution < -0.4 is 5.32 Å².